The van der Waals surface area contributed by atoms with Crippen molar-refractivity contribution in [2.45, 2.75) is 0 Å². The molecule has 2 nitrogen and oxygen atoms in total. The Bertz CT molecular complexity index is 3220. The molecule has 11 rings (SSSR count). The maximum atomic E-state index is 6.44. The van der Waals surface area contributed by atoms with Gasteiger partial charge in [-0.1, -0.05) is 146 Å². The normalized spacial score (nSPS) is 11.6. The van der Waals surface area contributed by atoms with Crippen LogP contribution in [0, 0.1) is 0 Å². The average Bonchev–Trinajstić information content (AvgIpc) is 3.83. The van der Waals surface area contributed by atoms with Crippen LogP contribution in [0.2, 0.25) is 0 Å². The van der Waals surface area contributed by atoms with Gasteiger partial charge in [-0.05, 0) is 87.6 Å². The molecule has 0 atom stereocenters. The van der Waals surface area contributed by atoms with E-state index in [4.69, 9.17) is 4.42 Å². The highest BCUT2D eigenvalue weighted by Crippen LogP contribution is 2.45. The Morgan fingerprint density at radius 3 is 1.93 bits per heavy atom. The number of benzene rings is 9. The van der Waals surface area contributed by atoms with Gasteiger partial charge >= 0.3 is 0 Å². The minimum Gasteiger partial charge on any atom is -0.455 e. The van der Waals surface area contributed by atoms with Gasteiger partial charge in [0.15, 0.2) is 0 Å². The molecule has 55 heavy (non-hydrogen) atoms. The zero-order chi connectivity index (χ0) is 36.3. The highest BCUT2D eigenvalue weighted by molar-refractivity contribution is 7.25. The summed E-state index contributed by atoms with van der Waals surface area (Å²) in [6, 6.07) is 72.3. The SMILES string of the molecule is c1cc(-c2ccc3sc4ccccc4c3c2)cc(N(c2ccc(-c3cccc4c3oc3ccccc34)cc2)c2ccccc2-c2cccc3ccccc23)c1. The molecule has 0 spiro atoms. The van der Waals surface area contributed by atoms with Crippen LogP contribution in [0.3, 0.4) is 0 Å². The lowest BCUT2D eigenvalue weighted by atomic mass is 9.95. The maximum absolute atomic E-state index is 6.44. The molecule has 0 saturated carbocycles. The van der Waals surface area contributed by atoms with Crippen LogP contribution >= 0.6 is 11.3 Å². The van der Waals surface area contributed by atoms with Crippen LogP contribution in [0.1, 0.15) is 0 Å². The van der Waals surface area contributed by atoms with E-state index >= 15 is 0 Å². The van der Waals surface area contributed by atoms with Crippen molar-refractivity contribution >= 4 is 81.3 Å². The van der Waals surface area contributed by atoms with Crippen molar-refractivity contribution in [2.75, 3.05) is 4.90 Å². The minimum absolute atomic E-state index is 0.906. The molecule has 0 aliphatic carbocycles. The summed E-state index contributed by atoms with van der Waals surface area (Å²) in [5.41, 5.74) is 12.1. The van der Waals surface area contributed by atoms with E-state index in [9.17, 15) is 0 Å². The Labute approximate surface area is 322 Å². The van der Waals surface area contributed by atoms with Crippen LogP contribution in [0.25, 0.3) is 86.3 Å². The van der Waals surface area contributed by atoms with E-state index in [1.54, 1.807) is 0 Å². The molecule has 0 N–H and O–H groups in total. The Morgan fingerprint density at radius 1 is 0.364 bits per heavy atom. The standard InChI is InChI=1S/C52H33NOS/c1-2-16-40-34(12-1)13-10-21-42(40)43-17-3-6-23-48(43)53(38-29-26-35(27-30-38)41-20-11-22-46-44-18-4-7-24-49(44)54-52(41)46)39-15-9-14-36(32-39)37-28-31-51-47(33-37)45-19-5-8-25-50(45)55-51/h1-33H. The summed E-state index contributed by atoms with van der Waals surface area (Å²) in [7, 11) is 0. The Morgan fingerprint density at radius 2 is 1.00 bits per heavy atom. The monoisotopic (exact) mass is 719 g/mol. The first-order valence-corrected chi connectivity index (χ1v) is 19.5. The number of anilines is 3. The lowest BCUT2D eigenvalue weighted by Crippen LogP contribution is -2.11. The molecule has 0 saturated heterocycles. The molecule has 11 aromatic rings. The average molecular weight is 720 g/mol. The minimum atomic E-state index is 0.906. The molecule has 0 aliphatic rings. The quantitative estimate of drug-likeness (QED) is 0.170. The molecule has 0 fully saturated rings. The fraction of sp³-hybridized carbons (Fsp3) is 0. The number of nitrogens with zero attached hydrogens (tertiary/aromatic N) is 1. The summed E-state index contributed by atoms with van der Waals surface area (Å²) < 4.78 is 9.07. The van der Waals surface area contributed by atoms with E-state index in [1.165, 1.54) is 53.2 Å². The first-order chi connectivity index (χ1) is 27.3. The van der Waals surface area contributed by atoms with Crippen LogP contribution in [0.5, 0.6) is 0 Å². The van der Waals surface area contributed by atoms with Gasteiger partial charge in [-0.15, -0.1) is 11.3 Å². The third kappa shape index (κ3) is 5.32. The number of fused-ring (bicyclic) bond motifs is 7. The highest BCUT2D eigenvalue weighted by Gasteiger charge is 2.20. The second-order valence-corrected chi connectivity index (χ2v) is 15.1. The second kappa shape index (κ2) is 12.9. The number of hydrogen-bond acceptors (Lipinski definition) is 3. The predicted molar refractivity (Wildman–Crippen MR) is 235 cm³/mol. The van der Waals surface area contributed by atoms with Gasteiger partial charge in [0.05, 0.1) is 5.69 Å². The number of thiophene rings is 1. The van der Waals surface area contributed by atoms with Crippen molar-refractivity contribution in [3.63, 3.8) is 0 Å². The fourth-order valence-electron chi connectivity index (χ4n) is 8.28. The van der Waals surface area contributed by atoms with Crippen molar-refractivity contribution < 1.29 is 4.42 Å². The van der Waals surface area contributed by atoms with Gasteiger partial charge in [0, 0.05) is 53.4 Å². The fourth-order valence-corrected chi connectivity index (χ4v) is 9.37. The van der Waals surface area contributed by atoms with E-state index in [0.29, 0.717) is 0 Å². The lowest BCUT2D eigenvalue weighted by Gasteiger charge is -2.29. The first-order valence-electron chi connectivity index (χ1n) is 18.7. The van der Waals surface area contributed by atoms with Crippen molar-refractivity contribution in [3.05, 3.63) is 200 Å². The molecule has 258 valence electrons. The van der Waals surface area contributed by atoms with Crippen LogP contribution in [-0.2, 0) is 0 Å². The summed E-state index contributed by atoms with van der Waals surface area (Å²) in [6.45, 7) is 0. The predicted octanol–water partition coefficient (Wildman–Crippen LogP) is 15.6. The van der Waals surface area contributed by atoms with E-state index in [-0.39, 0.29) is 0 Å². The number of hydrogen-bond donors (Lipinski definition) is 0. The Hall–Kier alpha value is -6.94. The van der Waals surface area contributed by atoms with Crippen LogP contribution in [-0.4, -0.2) is 0 Å². The molecule has 0 radical (unpaired) electrons. The highest BCUT2D eigenvalue weighted by atomic mass is 32.1. The first kappa shape index (κ1) is 31.6. The van der Waals surface area contributed by atoms with Gasteiger partial charge in [0.2, 0.25) is 0 Å². The zero-order valence-electron chi connectivity index (χ0n) is 29.8. The van der Waals surface area contributed by atoms with Crippen LogP contribution < -0.4 is 4.90 Å². The molecule has 0 bridgehead atoms. The third-order valence-electron chi connectivity index (χ3n) is 10.9. The molecule has 9 aromatic carbocycles. The van der Waals surface area contributed by atoms with Gasteiger partial charge in [0.25, 0.3) is 0 Å². The van der Waals surface area contributed by atoms with Gasteiger partial charge in [-0.25, -0.2) is 0 Å². The largest absolute Gasteiger partial charge is 0.455 e. The van der Waals surface area contributed by atoms with Crippen molar-refractivity contribution in [2.24, 2.45) is 0 Å². The van der Waals surface area contributed by atoms with Crippen molar-refractivity contribution in [1.29, 1.82) is 0 Å². The molecule has 0 aliphatic heterocycles. The van der Waals surface area contributed by atoms with E-state index in [0.717, 1.165) is 50.1 Å². The number of rotatable bonds is 6. The Kier molecular flexibility index (Phi) is 7.39. The molecule has 3 heteroatoms. The van der Waals surface area contributed by atoms with E-state index < -0.39 is 0 Å². The maximum Gasteiger partial charge on any atom is 0.143 e. The summed E-state index contributed by atoms with van der Waals surface area (Å²) in [6.07, 6.45) is 0. The van der Waals surface area contributed by atoms with Crippen LogP contribution in [0.4, 0.5) is 17.1 Å². The summed E-state index contributed by atoms with van der Waals surface area (Å²) in [5, 5.41) is 7.34. The zero-order valence-corrected chi connectivity index (χ0v) is 30.6. The lowest BCUT2D eigenvalue weighted by molar-refractivity contribution is 0.670. The van der Waals surface area contributed by atoms with Crippen molar-refractivity contribution in [3.8, 4) is 33.4 Å². The molecular weight excluding hydrogens is 687 g/mol. The second-order valence-electron chi connectivity index (χ2n) is 14.1. The number of furan rings is 1. The van der Waals surface area contributed by atoms with E-state index in [1.807, 2.05) is 23.5 Å². The summed E-state index contributed by atoms with van der Waals surface area (Å²) >= 11 is 1.86. The van der Waals surface area contributed by atoms with Gasteiger partial charge in [0.1, 0.15) is 11.2 Å². The molecule has 0 amide bonds. The summed E-state index contributed by atoms with van der Waals surface area (Å²) in [5.74, 6) is 0. The van der Waals surface area contributed by atoms with Crippen LogP contribution in [0.15, 0.2) is 205 Å². The van der Waals surface area contributed by atoms with Gasteiger partial charge in [-0.2, -0.15) is 0 Å². The van der Waals surface area contributed by atoms with E-state index in [2.05, 4.69) is 193 Å². The molecular formula is C52H33NOS. The van der Waals surface area contributed by atoms with Crippen molar-refractivity contribution in [1.82, 2.24) is 0 Å². The smallest absolute Gasteiger partial charge is 0.143 e. The summed E-state index contributed by atoms with van der Waals surface area (Å²) in [4.78, 5) is 2.41. The van der Waals surface area contributed by atoms with Gasteiger partial charge < -0.3 is 9.32 Å². The molecule has 2 heterocycles. The Balaban J connectivity index is 1.08. The third-order valence-corrected chi connectivity index (χ3v) is 12.0. The molecule has 2 aromatic heterocycles. The molecule has 0 unspecified atom stereocenters. The van der Waals surface area contributed by atoms with Gasteiger partial charge in [-0.3, -0.25) is 0 Å². The number of para-hydroxylation sites is 3. The topological polar surface area (TPSA) is 16.4 Å².